The number of aliphatic hydroxyl groups is 4. The van der Waals surface area contributed by atoms with Crippen molar-refractivity contribution in [3.8, 4) is 17.6 Å². The number of hydrogen-bond acceptors (Lipinski definition) is 12. The molecule has 2 saturated carbocycles. The number of guanidine groups is 1. The number of nitrogens with one attached hydrogen (secondary N) is 3. The van der Waals surface area contributed by atoms with Gasteiger partial charge in [-0.1, -0.05) is 115 Å². The van der Waals surface area contributed by atoms with E-state index in [0.717, 1.165) is 46.4 Å². The van der Waals surface area contributed by atoms with E-state index in [-0.39, 0.29) is 56.3 Å². The van der Waals surface area contributed by atoms with E-state index < -0.39 is 71.1 Å². The number of benzene rings is 3. The third-order valence-electron chi connectivity index (χ3n) is 18.1. The molecule has 12 atom stereocenters. The highest BCUT2D eigenvalue weighted by molar-refractivity contribution is 5.98. The van der Waals surface area contributed by atoms with Gasteiger partial charge in [0.1, 0.15) is 24.6 Å². The molecule has 2 aliphatic carbocycles. The van der Waals surface area contributed by atoms with Crippen LogP contribution in [0.5, 0.6) is 5.75 Å². The van der Waals surface area contributed by atoms with Crippen molar-refractivity contribution < 1.29 is 39.9 Å². The molecule has 14 N–H and O–H groups in total. The Morgan fingerprint density at radius 2 is 1.74 bits per heavy atom. The van der Waals surface area contributed by atoms with Gasteiger partial charge in [-0.2, -0.15) is 0 Å². The predicted octanol–water partition coefficient (Wildman–Crippen LogP) is 6.21. The van der Waals surface area contributed by atoms with Crippen LogP contribution in [0.1, 0.15) is 131 Å². The van der Waals surface area contributed by atoms with Gasteiger partial charge in [-0.15, -0.1) is 0 Å². The molecular weight excluding hydrogens is 1010 g/mol. The minimum absolute atomic E-state index is 0.0269. The topological polar surface area (TPSA) is 271 Å². The van der Waals surface area contributed by atoms with Crippen molar-refractivity contribution in [3.63, 3.8) is 0 Å². The molecule has 5 aliphatic rings. The molecule has 428 valence electrons. The average Bonchev–Trinajstić information content (AvgIpc) is 3.80. The molecule has 3 aromatic rings. The monoisotopic (exact) mass is 1090 g/mol. The largest absolute Gasteiger partial charge is 0.508 e. The standard InChI is InChI=1S/C65H85N7O8/c1-6-69-55-26-19-39(2)12-7-8-31-80-38-46(17-9-13-40(55)3)50-28-30-65(60(50)77)54-25-24-48(74)33-42-14-10-15-43(32-42)34-52(53(36-71-63(67)68)44-20-22-47(73)23-21-44)57(76)37-70-59-58-45(16-11-18-51(58)61(66)72-62(59)78)35-56(75)41(4)49(54)27-29-64(65,5)79/h9-11,13-23,32,48,50,52-55,57,59-61,69-70,73-74,76-77,79H,3,6,12,24-31,33-38,66H2,1-2,4-5H3,(H,72,78)(H4,67,68,71). The number of amides is 1. The molecule has 15 nitrogen and oxygen atoms in total. The number of ketones is 1. The van der Waals surface area contributed by atoms with Crippen molar-refractivity contribution in [2.75, 3.05) is 32.8 Å². The van der Waals surface area contributed by atoms with Crippen LogP contribution in [0.2, 0.25) is 0 Å². The summed E-state index contributed by atoms with van der Waals surface area (Å²) >= 11 is 0. The Kier molecular flexibility index (Phi) is 19.9. The van der Waals surface area contributed by atoms with E-state index in [2.05, 4.69) is 59.3 Å². The van der Waals surface area contributed by atoms with E-state index in [0.29, 0.717) is 80.1 Å². The van der Waals surface area contributed by atoms with E-state index >= 15 is 4.79 Å². The molecular formula is C65H85N7O8. The number of ether oxygens (including phenoxy) is 1. The number of allylic oxidation sites excluding steroid dienone is 5. The van der Waals surface area contributed by atoms with Gasteiger partial charge in [0.05, 0.1) is 30.5 Å². The van der Waals surface area contributed by atoms with Crippen molar-refractivity contribution >= 4 is 17.6 Å². The third-order valence-corrected chi connectivity index (χ3v) is 18.1. The van der Waals surface area contributed by atoms with Gasteiger partial charge in [0, 0.05) is 49.2 Å². The zero-order valence-electron chi connectivity index (χ0n) is 47.1. The minimum Gasteiger partial charge on any atom is -0.508 e. The Balaban J connectivity index is 1.20. The number of aliphatic hydroxyl groups excluding tert-OH is 3. The Morgan fingerprint density at radius 3 is 2.49 bits per heavy atom. The van der Waals surface area contributed by atoms with Gasteiger partial charge in [-0.25, -0.2) is 0 Å². The molecule has 1 spiro atoms. The van der Waals surface area contributed by atoms with Crippen LogP contribution in [-0.4, -0.2) is 106 Å². The fourth-order valence-electron chi connectivity index (χ4n) is 13.7. The SMILES string of the molecule is C=C1C=CC=C(C2CCC3(C4CCC(O)Cc5cccc(c5)CC(C(CN=C(N)N)c5ccc(O)cc5)C(O)CNC5C(=O)NC(N)c6cccc(c65)CC(=O)C(C)=C4CCC3(C)O)C2O)COCC#CCC(C)=CCC1NCC. The molecule has 0 saturated heterocycles. The molecule has 0 aromatic heterocycles. The average molecular weight is 1090 g/mol. The number of rotatable bonds is 7. The summed E-state index contributed by atoms with van der Waals surface area (Å²) in [5.74, 6) is 3.85. The van der Waals surface area contributed by atoms with Gasteiger partial charge < -0.3 is 58.1 Å². The second-order valence-electron chi connectivity index (χ2n) is 23.2. The molecule has 3 aromatic carbocycles. The van der Waals surface area contributed by atoms with Crippen molar-refractivity contribution in [2.24, 2.45) is 45.4 Å². The minimum atomic E-state index is -1.37. The van der Waals surface area contributed by atoms with Crippen LogP contribution in [0, 0.1) is 35.0 Å². The maximum Gasteiger partial charge on any atom is 0.243 e. The lowest BCUT2D eigenvalue weighted by Crippen LogP contribution is -2.59. The number of aromatic hydroxyl groups is 1. The van der Waals surface area contributed by atoms with Crippen molar-refractivity contribution in [1.82, 2.24) is 16.0 Å². The number of carbonyl (C=O) groups is 2. The summed E-state index contributed by atoms with van der Waals surface area (Å²) in [6.45, 7) is 13.5. The second kappa shape index (κ2) is 26.6. The number of nitrogens with two attached hydrogens (primary N) is 3. The number of nitrogens with zero attached hydrogens (tertiary/aromatic N) is 1. The van der Waals surface area contributed by atoms with Gasteiger partial charge in [0.25, 0.3) is 0 Å². The summed E-state index contributed by atoms with van der Waals surface area (Å²) < 4.78 is 6.24. The number of Topliss-reactive ketones (excluding diaryl/α,β-unsaturated/α-hetero) is 1. The van der Waals surface area contributed by atoms with Crippen LogP contribution < -0.4 is 33.2 Å². The molecule has 2 bridgehead atoms. The van der Waals surface area contributed by atoms with Crippen LogP contribution in [0.25, 0.3) is 0 Å². The highest BCUT2D eigenvalue weighted by atomic mass is 16.5. The molecule has 3 heterocycles. The fourth-order valence-corrected chi connectivity index (χ4v) is 13.7. The van der Waals surface area contributed by atoms with Crippen LogP contribution in [0.15, 0.2) is 130 Å². The number of phenolic OH excluding ortho intramolecular Hbond substituents is 1. The smallest absolute Gasteiger partial charge is 0.243 e. The summed E-state index contributed by atoms with van der Waals surface area (Å²) in [6.07, 6.45) is 8.71. The van der Waals surface area contributed by atoms with Crippen LogP contribution >= 0.6 is 0 Å². The number of β-amino-alcohol motifs (C(OH)–C–C–N with tert-alkyl or cyclic N) is 1. The van der Waals surface area contributed by atoms with Gasteiger partial charge in [-0.05, 0) is 159 Å². The lowest BCUT2D eigenvalue weighted by molar-refractivity contribution is -0.168. The molecule has 15 heteroatoms. The Hall–Kier alpha value is -6.19. The molecule has 0 radical (unpaired) electrons. The second-order valence-corrected chi connectivity index (χ2v) is 23.2. The first-order valence-electron chi connectivity index (χ1n) is 28.6. The predicted molar refractivity (Wildman–Crippen MR) is 314 cm³/mol. The highest BCUT2D eigenvalue weighted by Gasteiger charge is 2.64. The summed E-state index contributed by atoms with van der Waals surface area (Å²) in [4.78, 5) is 33.8. The molecule has 12 unspecified atom stereocenters. The molecule has 80 heavy (non-hydrogen) atoms. The van der Waals surface area contributed by atoms with Crippen molar-refractivity contribution in [3.05, 3.63) is 159 Å². The first-order chi connectivity index (χ1) is 38.3. The Morgan fingerprint density at radius 1 is 0.988 bits per heavy atom. The molecule has 3 aliphatic heterocycles. The fraction of sp³-hybridized carbons (Fsp3) is 0.492. The maximum absolute atomic E-state index is 15.2. The third kappa shape index (κ3) is 13.6. The highest BCUT2D eigenvalue weighted by Crippen LogP contribution is 2.63. The summed E-state index contributed by atoms with van der Waals surface area (Å²) in [5.41, 5.74) is 24.7. The maximum atomic E-state index is 15.2. The van der Waals surface area contributed by atoms with Gasteiger partial charge >= 0.3 is 0 Å². The van der Waals surface area contributed by atoms with Crippen molar-refractivity contribution in [1.29, 1.82) is 0 Å². The zero-order chi connectivity index (χ0) is 57.3. The van der Waals surface area contributed by atoms with E-state index in [1.165, 1.54) is 5.57 Å². The number of likely N-dealkylation sites (N-methyl/N-ethyl adjacent to an activating group) is 1. The summed E-state index contributed by atoms with van der Waals surface area (Å²) in [6, 6.07) is 19.2. The lowest BCUT2D eigenvalue weighted by atomic mass is 9.52. The summed E-state index contributed by atoms with van der Waals surface area (Å²) in [7, 11) is 0. The summed E-state index contributed by atoms with van der Waals surface area (Å²) in [5, 5.41) is 70.9. The number of carbonyl (C=O) groups excluding carboxylic acids is 2. The van der Waals surface area contributed by atoms with Crippen LogP contribution in [0.4, 0.5) is 0 Å². The van der Waals surface area contributed by atoms with E-state index in [1.807, 2.05) is 74.5 Å². The van der Waals surface area contributed by atoms with Gasteiger partial charge in [-0.3, -0.25) is 19.9 Å². The number of hydrogen-bond donors (Lipinski definition) is 11. The normalized spacial score (nSPS) is 30.7. The number of fused-ring (bicyclic) bond motifs is 4. The lowest BCUT2D eigenvalue weighted by Gasteiger charge is -2.56. The van der Waals surface area contributed by atoms with E-state index in [9.17, 15) is 30.3 Å². The number of phenols is 1. The first kappa shape index (κ1) is 59.9. The van der Waals surface area contributed by atoms with E-state index in [4.69, 9.17) is 21.9 Å². The number of aliphatic imine (C=N–C) groups is 1. The first-order valence-corrected chi connectivity index (χ1v) is 28.6. The van der Waals surface area contributed by atoms with Gasteiger partial charge in [0.15, 0.2) is 11.7 Å². The Labute approximate surface area is 472 Å². The van der Waals surface area contributed by atoms with Gasteiger partial charge in [0.2, 0.25) is 5.91 Å². The molecule has 1 amide bonds. The quantitative estimate of drug-likeness (QED) is 0.0545. The van der Waals surface area contributed by atoms with E-state index in [1.54, 1.807) is 24.3 Å². The van der Waals surface area contributed by atoms with Crippen molar-refractivity contribution in [2.45, 2.75) is 146 Å². The molecule has 2 fully saturated rings. The van der Waals surface area contributed by atoms with Crippen LogP contribution in [-0.2, 0) is 33.6 Å². The molecule has 8 rings (SSSR count). The van der Waals surface area contributed by atoms with Crippen LogP contribution in [0.3, 0.4) is 0 Å². The zero-order valence-corrected chi connectivity index (χ0v) is 47.1. The Bertz CT molecular complexity index is 2950.